The number of halogens is 2. The Balaban J connectivity index is 0.00000261. The molecule has 1 aromatic heterocycles. The van der Waals surface area contributed by atoms with Crippen molar-refractivity contribution in [1.29, 1.82) is 0 Å². The second-order valence-corrected chi connectivity index (χ2v) is 5.93. The lowest BCUT2D eigenvalue weighted by Gasteiger charge is -2.33. The van der Waals surface area contributed by atoms with Gasteiger partial charge in [0.1, 0.15) is 5.82 Å². The largest absolute Gasteiger partial charge is 0.478 e. The van der Waals surface area contributed by atoms with Crippen LogP contribution >= 0.6 is 12.4 Å². The van der Waals surface area contributed by atoms with E-state index >= 15 is 0 Å². The summed E-state index contributed by atoms with van der Waals surface area (Å²) < 4.78 is 13.7. The molecule has 9 heteroatoms. The number of hydrogen-bond acceptors (Lipinski definition) is 4. The average Bonchev–Trinajstić information content (AvgIpc) is 2.66. The third-order valence-electron chi connectivity index (χ3n) is 4.13. The van der Waals surface area contributed by atoms with Crippen LogP contribution in [-0.2, 0) is 6.54 Å². The fourth-order valence-electron chi connectivity index (χ4n) is 2.75. The number of urea groups is 1. The van der Waals surface area contributed by atoms with Crippen LogP contribution in [0.2, 0.25) is 0 Å². The summed E-state index contributed by atoms with van der Waals surface area (Å²) in [5.41, 5.74) is 1.01. The Labute approximate surface area is 162 Å². The quantitative estimate of drug-likeness (QED) is 0.831. The Morgan fingerprint density at radius 1 is 1.22 bits per heavy atom. The number of hydrogen-bond donors (Lipinski definition) is 2. The zero-order valence-corrected chi connectivity index (χ0v) is 15.3. The molecule has 1 aliphatic heterocycles. The predicted octanol–water partition coefficient (Wildman–Crippen LogP) is 2.37. The number of pyridine rings is 1. The van der Waals surface area contributed by atoms with Crippen molar-refractivity contribution in [1.82, 2.24) is 15.2 Å². The summed E-state index contributed by atoms with van der Waals surface area (Å²) in [7, 11) is 0. The van der Waals surface area contributed by atoms with Crippen molar-refractivity contribution >= 4 is 30.1 Å². The number of piperazine rings is 1. The smallest absolute Gasteiger partial charge is 0.337 e. The summed E-state index contributed by atoms with van der Waals surface area (Å²) in [5, 5.41) is 12.1. The lowest BCUT2D eigenvalue weighted by Crippen LogP contribution is -2.51. The molecule has 0 bridgehead atoms. The minimum absolute atomic E-state index is 0. The number of nitrogens with zero attached hydrogens (tertiary/aromatic N) is 3. The Morgan fingerprint density at radius 2 is 1.96 bits per heavy atom. The van der Waals surface area contributed by atoms with Gasteiger partial charge in [0.2, 0.25) is 0 Å². The fraction of sp³-hybridized carbons (Fsp3) is 0.278. The van der Waals surface area contributed by atoms with Gasteiger partial charge in [-0.25, -0.2) is 14.0 Å². The van der Waals surface area contributed by atoms with Gasteiger partial charge in [-0.2, -0.15) is 0 Å². The molecule has 1 aromatic carbocycles. The third kappa shape index (κ3) is 5.15. The number of rotatable bonds is 4. The molecule has 0 aliphatic carbocycles. The second kappa shape index (κ2) is 9.29. The highest BCUT2D eigenvalue weighted by atomic mass is 35.5. The monoisotopic (exact) mass is 394 g/mol. The molecule has 0 atom stereocenters. The van der Waals surface area contributed by atoms with Crippen LogP contribution in [0.25, 0.3) is 0 Å². The average molecular weight is 395 g/mol. The van der Waals surface area contributed by atoms with Gasteiger partial charge in [0.05, 0.1) is 17.8 Å². The lowest BCUT2D eigenvalue weighted by atomic mass is 10.2. The van der Waals surface area contributed by atoms with Gasteiger partial charge in [-0.15, -0.1) is 12.4 Å². The third-order valence-corrected chi connectivity index (χ3v) is 4.13. The number of carbonyl (C=O) groups is 2. The molecule has 0 saturated carbocycles. The first kappa shape index (κ1) is 20.6. The van der Waals surface area contributed by atoms with Gasteiger partial charge in [0, 0.05) is 38.1 Å². The van der Waals surface area contributed by atoms with E-state index in [1.807, 2.05) is 0 Å². The van der Waals surface area contributed by atoms with Crippen LogP contribution in [0.4, 0.5) is 14.9 Å². The number of nitrogens with one attached hydrogen (secondary N) is 1. The number of carboxylic acid groups (broad SMARTS) is 1. The zero-order valence-electron chi connectivity index (χ0n) is 14.5. The van der Waals surface area contributed by atoms with Crippen LogP contribution in [-0.4, -0.2) is 53.2 Å². The van der Waals surface area contributed by atoms with Crippen molar-refractivity contribution in [2.45, 2.75) is 6.54 Å². The van der Waals surface area contributed by atoms with Gasteiger partial charge < -0.3 is 15.3 Å². The second-order valence-electron chi connectivity index (χ2n) is 5.93. The maximum absolute atomic E-state index is 13.7. The van der Waals surface area contributed by atoms with E-state index in [4.69, 9.17) is 5.11 Å². The van der Waals surface area contributed by atoms with Gasteiger partial charge in [-0.3, -0.25) is 9.88 Å². The molecule has 0 unspecified atom stereocenters. The molecule has 144 valence electrons. The van der Waals surface area contributed by atoms with Crippen LogP contribution in [0.15, 0.2) is 42.6 Å². The molecule has 7 nitrogen and oxygen atoms in total. The van der Waals surface area contributed by atoms with E-state index in [9.17, 15) is 14.0 Å². The van der Waals surface area contributed by atoms with Gasteiger partial charge in [0.15, 0.2) is 0 Å². The highest BCUT2D eigenvalue weighted by molar-refractivity contribution is 5.92. The van der Waals surface area contributed by atoms with Crippen molar-refractivity contribution in [3.05, 3.63) is 59.7 Å². The molecule has 2 N–H and O–H groups in total. The number of amides is 2. The standard InChI is InChI=1S/C18H19FN4O3.ClH/c19-14-2-1-3-16(10-14)23(18(26)22-8-6-20-7-9-22)12-15-5-4-13(11-21-15)17(24)25;/h1-5,10-11,20H,6-9,12H2,(H,24,25);1H. The molecular formula is C18H20ClFN4O3. The first-order chi connectivity index (χ1) is 12.5. The van der Waals surface area contributed by atoms with E-state index in [2.05, 4.69) is 10.3 Å². The van der Waals surface area contributed by atoms with Crippen LogP contribution in [0.5, 0.6) is 0 Å². The van der Waals surface area contributed by atoms with Crippen LogP contribution in [0, 0.1) is 5.82 Å². The zero-order chi connectivity index (χ0) is 18.5. The normalized spacial score (nSPS) is 13.6. The van der Waals surface area contributed by atoms with E-state index < -0.39 is 11.8 Å². The summed E-state index contributed by atoms with van der Waals surface area (Å²) in [6, 6.07) is 8.58. The number of anilines is 1. The van der Waals surface area contributed by atoms with Crippen LogP contribution in [0.3, 0.4) is 0 Å². The Bertz CT molecular complexity index is 797. The molecule has 2 amide bonds. The minimum atomic E-state index is -1.07. The maximum Gasteiger partial charge on any atom is 0.337 e. The van der Waals surface area contributed by atoms with Crippen LogP contribution < -0.4 is 10.2 Å². The first-order valence-electron chi connectivity index (χ1n) is 8.25. The number of aromatic nitrogens is 1. The van der Waals surface area contributed by atoms with Gasteiger partial charge in [-0.1, -0.05) is 6.07 Å². The number of aromatic carboxylic acids is 1. The van der Waals surface area contributed by atoms with E-state index in [1.165, 1.54) is 29.3 Å². The Kier molecular flexibility index (Phi) is 7.09. The summed E-state index contributed by atoms with van der Waals surface area (Å²) >= 11 is 0. The van der Waals surface area contributed by atoms with Crippen molar-refractivity contribution in [3.63, 3.8) is 0 Å². The topological polar surface area (TPSA) is 85.8 Å². The van der Waals surface area contributed by atoms with Crippen molar-refractivity contribution in [2.75, 3.05) is 31.1 Å². The van der Waals surface area contributed by atoms with E-state index in [-0.39, 0.29) is 30.5 Å². The van der Waals surface area contributed by atoms with Crippen molar-refractivity contribution in [3.8, 4) is 0 Å². The molecule has 0 spiro atoms. The molecule has 1 saturated heterocycles. The first-order valence-corrected chi connectivity index (χ1v) is 8.25. The van der Waals surface area contributed by atoms with E-state index in [0.29, 0.717) is 37.6 Å². The van der Waals surface area contributed by atoms with Gasteiger partial charge in [-0.05, 0) is 30.3 Å². The predicted molar refractivity (Wildman–Crippen MR) is 101 cm³/mol. The molecular weight excluding hydrogens is 375 g/mol. The highest BCUT2D eigenvalue weighted by Crippen LogP contribution is 2.20. The number of carboxylic acids is 1. The molecule has 3 rings (SSSR count). The van der Waals surface area contributed by atoms with E-state index in [1.54, 1.807) is 23.1 Å². The van der Waals surface area contributed by atoms with Crippen LogP contribution in [0.1, 0.15) is 16.1 Å². The highest BCUT2D eigenvalue weighted by Gasteiger charge is 2.24. The van der Waals surface area contributed by atoms with Crippen molar-refractivity contribution < 1.29 is 19.1 Å². The number of carbonyl (C=O) groups excluding carboxylic acids is 1. The molecule has 1 aliphatic rings. The summed E-state index contributed by atoms with van der Waals surface area (Å²) in [5.74, 6) is -1.50. The Morgan fingerprint density at radius 3 is 2.56 bits per heavy atom. The molecule has 2 heterocycles. The summed E-state index contributed by atoms with van der Waals surface area (Å²) in [6.45, 7) is 2.65. The van der Waals surface area contributed by atoms with Gasteiger partial charge in [0.25, 0.3) is 0 Å². The Hall–Kier alpha value is -2.71. The molecule has 27 heavy (non-hydrogen) atoms. The summed E-state index contributed by atoms with van der Waals surface area (Å²) in [6.07, 6.45) is 1.25. The maximum atomic E-state index is 13.7. The van der Waals surface area contributed by atoms with Crippen molar-refractivity contribution in [2.24, 2.45) is 0 Å². The SMILES string of the molecule is Cl.O=C(O)c1ccc(CN(C(=O)N2CCNCC2)c2cccc(F)c2)nc1. The van der Waals surface area contributed by atoms with E-state index in [0.717, 1.165) is 0 Å². The lowest BCUT2D eigenvalue weighted by molar-refractivity contribution is 0.0696. The van der Waals surface area contributed by atoms with Gasteiger partial charge >= 0.3 is 12.0 Å². The minimum Gasteiger partial charge on any atom is -0.478 e. The fourth-order valence-corrected chi connectivity index (χ4v) is 2.75. The molecule has 1 fully saturated rings. The summed E-state index contributed by atoms with van der Waals surface area (Å²) in [4.78, 5) is 31.2. The molecule has 0 radical (unpaired) electrons. The number of benzene rings is 1. The molecule has 2 aromatic rings.